The fourth-order valence-corrected chi connectivity index (χ4v) is 4.15. The zero-order valence-electron chi connectivity index (χ0n) is 12.9. The van der Waals surface area contributed by atoms with Crippen LogP contribution in [-0.2, 0) is 6.42 Å². The number of nitrogens with one attached hydrogen (secondary N) is 1. The lowest BCUT2D eigenvalue weighted by molar-refractivity contribution is 0.416. The first-order chi connectivity index (χ1) is 10.2. The number of thiazole rings is 1. The molecule has 1 aliphatic rings. The van der Waals surface area contributed by atoms with Crippen LogP contribution in [0.1, 0.15) is 41.9 Å². The van der Waals surface area contributed by atoms with Crippen molar-refractivity contribution in [2.75, 3.05) is 13.7 Å². The highest BCUT2D eigenvalue weighted by Crippen LogP contribution is 2.40. The van der Waals surface area contributed by atoms with Crippen LogP contribution in [-0.4, -0.2) is 18.6 Å². The molecule has 0 saturated carbocycles. The summed E-state index contributed by atoms with van der Waals surface area (Å²) in [6, 6.07) is 6.75. The summed E-state index contributed by atoms with van der Waals surface area (Å²) >= 11 is 1.82. The molecule has 3 nitrogen and oxygen atoms in total. The van der Waals surface area contributed by atoms with E-state index in [-0.39, 0.29) is 0 Å². The molecule has 112 valence electrons. The molecule has 0 bridgehead atoms. The third-order valence-electron chi connectivity index (χ3n) is 3.99. The van der Waals surface area contributed by atoms with Crippen LogP contribution in [0.25, 0.3) is 10.6 Å². The molecule has 0 saturated heterocycles. The monoisotopic (exact) mass is 302 g/mol. The van der Waals surface area contributed by atoms with Crippen molar-refractivity contribution in [2.45, 2.75) is 39.2 Å². The lowest BCUT2D eigenvalue weighted by atomic mass is 9.97. The van der Waals surface area contributed by atoms with Gasteiger partial charge in [0.05, 0.1) is 24.4 Å². The molecule has 1 atom stereocenters. The van der Waals surface area contributed by atoms with Crippen LogP contribution in [0.5, 0.6) is 5.75 Å². The van der Waals surface area contributed by atoms with Gasteiger partial charge in [0.25, 0.3) is 0 Å². The van der Waals surface area contributed by atoms with Crippen LogP contribution in [0.15, 0.2) is 18.2 Å². The van der Waals surface area contributed by atoms with Crippen LogP contribution >= 0.6 is 11.3 Å². The maximum atomic E-state index is 5.54. The van der Waals surface area contributed by atoms with Gasteiger partial charge >= 0.3 is 0 Å². The average molecular weight is 302 g/mol. The van der Waals surface area contributed by atoms with E-state index in [0.717, 1.165) is 29.3 Å². The predicted octanol–water partition coefficient (Wildman–Crippen LogP) is 4.11. The lowest BCUT2D eigenvalue weighted by Gasteiger charge is -2.21. The molecule has 4 heteroatoms. The van der Waals surface area contributed by atoms with Crippen molar-refractivity contribution in [3.63, 3.8) is 0 Å². The first-order valence-corrected chi connectivity index (χ1v) is 8.42. The van der Waals surface area contributed by atoms with E-state index < -0.39 is 0 Å². The van der Waals surface area contributed by atoms with Crippen LogP contribution in [0.3, 0.4) is 0 Å². The Kier molecular flexibility index (Phi) is 4.27. The van der Waals surface area contributed by atoms with E-state index in [1.54, 1.807) is 7.11 Å². The SMILES string of the molecule is CCNC1CCCc2sc(-c3ccc(C)cc3OC)nc21. The quantitative estimate of drug-likeness (QED) is 0.922. The van der Waals surface area contributed by atoms with Crippen molar-refractivity contribution >= 4 is 11.3 Å². The minimum Gasteiger partial charge on any atom is -0.496 e. The number of benzene rings is 1. The summed E-state index contributed by atoms with van der Waals surface area (Å²) in [5, 5.41) is 4.64. The summed E-state index contributed by atoms with van der Waals surface area (Å²) < 4.78 is 5.54. The summed E-state index contributed by atoms with van der Waals surface area (Å²) in [7, 11) is 1.73. The maximum Gasteiger partial charge on any atom is 0.129 e. The van der Waals surface area contributed by atoms with Crippen molar-refractivity contribution in [3.8, 4) is 16.3 Å². The summed E-state index contributed by atoms with van der Waals surface area (Å²) in [5.74, 6) is 0.918. The topological polar surface area (TPSA) is 34.1 Å². The second kappa shape index (κ2) is 6.16. The molecule has 0 radical (unpaired) electrons. The molecule has 1 unspecified atom stereocenters. The van der Waals surface area contributed by atoms with Gasteiger partial charge in [-0.1, -0.05) is 13.0 Å². The van der Waals surface area contributed by atoms with Gasteiger partial charge in [0.15, 0.2) is 0 Å². The number of hydrogen-bond acceptors (Lipinski definition) is 4. The third kappa shape index (κ3) is 2.83. The Morgan fingerprint density at radius 1 is 1.43 bits per heavy atom. The number of hydrogen-bond donors (Lipinski definition) is 1. The van der Waals surface area contributed by atoms with E-state index in [0.29, 0.717) is 6.04 Å². The van der Waals surface area contributed by atoms with Crippen molar-refractivity contribution in [1.82, 2.24) is 10.3 Å². The van der Waals surface area contributed by atoms with E-state index in [1.807, 2.05) is 11.3 Å². The first kappa shape index (κ1) is 14.5. The number of methoxy groups -OCH3 is 1. The largest absolute Gasteiger partial charge is 0.496 e. The summed E-state index contributed by atoms with van der Waals surface area (Å²) in [5.41, 5.74) is 3.57. The van der Waals surface area contributed by atoms with Gasteiger partial charge in [-0.3, -0.25) is 0 Å². The average Bonchev–Trinajstić information content (AvgIpc) is 2.92. The molecular weight excluding hydrogens is 280 g/mol. The molecule has 1 N–H and O–H groups in total. The van der Waals surface area contributed by atoms with Gasteiger partial charge in [0, 0.05) is 4.88 Å². The molecule has 0 amide bonds. The van der Waals surface area contributed by atoms with Gasteiger partial charge in [0.1, 0.15) is 10.8 Å². The zero-order chi connectivity index (χ0) is 14.8. The molecule has 0 fully saturated rings. The molecule has 3 rings (SSSR count). The predicted molar refractivity (Wildman–Crippen MR) is 88.2 cm³/mol. The Labute approximate surface area is 130 Å². The molecule has 1 aromatic carbocycles. The summed E-state index contributed by atoms with van der Waals surface area (Å²) in [4.78, 5) is 6.37. The Balaban J connectivity index is 2.01. The van der Waals surface area contributed by atoms with Gasteiger partial charge in [-0.2, -0.15) is 0 Å². The number of ether oxygens (including phenoxy) is 1. The van der Waals surface area contributed by atoms with Crippen LogP contribution < -0.4 is 10.1 Å². The van der Waals surface area contributed by atoms with Crippen molar-refractivity contribution in [2.24, 2.45) is 0 Å². The Morgan fingerprint density at radius 3 is 3.05 bits per heavy atom. The van der Waals surface area contributed by atoms with Crippen molar-refractivity contribution in [3.05, 3.63) is 34.3 Å². The number of nitrogens with zero attached hydrogens (tertiary/aromatic N) is 1. The fourth-order valence-electron chi connectivity index (χ4n) is 2.95. The van der Waals surface area contributed by atoms with Gasteiger partial charge < -0.3 is 10.1 Å². The molecule has 21 heavy (non-hydrogen) atoms. The Morgan fingerprint density at radius 2 is 2.29 bits per heavy atom. The fraction of sp³-hybridized carbons (Fsp3) is 0.471. The molecule has 1 aromatic heterocycles. The highest BCUT2D eigenvalue weighted by Gasteiger charge is 2.25. The third-order valence-corrected chi connectivity index (χ3v) is 5.16. The smallest absolute Gasteiger partial charge is 0.129 e. The molecule has 0 aliphatic heterocycles. The van der Waals surface area contributed by atoms with Crippen LogP contribution in [0.4, 0.5) is 0 Å². The lowest BCUT2D eigenvalue weighted by Crippen LogP contribution is -2.24. The molecule has 1 aliphatic carbocycles. The van der Waals surface area contributed by atoms with Gasteiger partial charge in [-0.05, 0) is 50.4 Å². The van der Waals surface area contributed by atoms with E-state index in [2.05, 4.69) is 37.4 Å². The maximum absolute atomic E-state index is 5.54. The molecule has 0 spiro atoms. The summed E-state index contributed by atoms with van der Waals surface area (Å²) in [6.07, 6.45) is 3.59. The van der Waals surface area contributed by atoms with E-state index in [9.17, 15) is 0 Å². The first-order valence-electron chi connectivity index (χ1n) is 7.61. The standard InChI is InChI=1S/C17H22N2OS/c1-4-18-13-6-5-7-15-16(13)19-17(21-15)12-9-8-11(2)10-14(12)20-3/h8-10,13,18H,4-7H2,1-3H3. The van der Waals surface area contributed by atoms with Gasteiger partial charge in [0.2, 0.25) is 0 Å². The Hall–Kier alpha value is -1.39. The second-order valence-corrected chi connectivity index (χ2v) is 6.62. The number of fused-ring (bicyclic) bond motifs is 1. The highest BCUT2D eigenvalue weighted by atomic mass is 32.1. The highest BCUT2D eigenvalue weighted by molar-refractivity contribution is 7.15. The minimum atomic E-state index is 0.417. The Bertz CT molecular complexity index is 636. The van der Waals surface area contributed by atoms with E-state index in [4.69, 9.17) is 9.72 Å². The van der Waals surface area contributed by atoms with Crippen LogP contribution in [0.2, 0.25) is 0 Å². The van der Waals surface area contributed by atoms with Crippen molar-refractivity contribution < 1.29 is 4.74 Å². The zero-order valence-corrected chi connectivity index (χ0v) is 13.7. The van der Waals surface area contributed by atoms with Gasteiger partial charge in [-0.15, -0.1) is 11.3 Å². The van der Waals surface area contributed by atoms with Crippen molar-refractivity contribution in [1.29, 1.82) is 0 Å². The van der Waals surface area contributed by atoms with E-state index >= 15 is 0 Å². The second-order valence-electron chi connectivity index (χ2n) is 5.53. The summed E-state index contributed by atoms with van der Waals surface area (Å²) in [6.45, 7) is 5.23. The number of aromatic nitrogens is 1. The minimum absolute atomic E-state index is 0.417. The van der Waals surface area contributed by atoms with Crippen LogP contribution in [0, 0.1) is 6.92 Å². The number of aryl methyl sites for hydroxylation is 2. The molecular formula is C17H22N2OS. The number of rotatable bonds is 4. The molecule has 1 heterocycles. The van der Waals surface area contributed by atoms with Gasteiger partial charge in [-0.25, -0.2) is 4.98 Å². The molecule has 2 aromatic rings. The normalized spacial score (nSPS) is 17.6. The van der Waals surface area contributed by atoms with E-state index in [1.165, 1.54) is 29.0 Å².